The van der Waals surface area contributed by atoms with E-state index in [0.717, 1.165) is 15.3 Å². The van der Waals surface area contributed by atoms with Crippen LogP contribution in [-0.2, 0) is 25.2 Å². The Morgan fingerprint density at radius 3 is 2.26 bits per heavy atom. The van der Waals surface area contributed by atoms with Crippen molar-refractivity contribution in [1.82, 2.24) is 19.4 Å². The summed E-state index contributed by atoms with van der Waals surface area (Å²) in [6.45, 7) is 0.948. The van der Waals surface area contributed by atoms with Gasteiger partial charge < -0.3 is 10.2 Å². The summed E-state index contributed by atoms with van der Waals surface area (Å²) < 4.78 is 27.0. The van der Waals surface area contributed by atoms with Crippen LogP contribution in [0.15, 0.2) is 59.5 Å². The van der Waals surface area contributed by atoms with Gasteiger partial charge in [0.25, 0.3) is 11.6 Å². The quantitative estimate of drug-likeness (QED) is 0.351. The fourth-order valence-electron chi connectivity index (χ4n) is 4.19. The van der Waals surface area contributed by atoms with Gasteiger partial charge in [0.05, 0.1) is 4.92 Å². The van der Waals surface area contributed by atoms with Crippen molar-refractivity contribution in [3.05, 3.63) is 70.3 Å². The molecule has 2 saturated heterocycles. The first-order valence-electron chi connectivity index (χ1n) is 10.8. The number of nitro groups is 1. The van der Waals surface area contributed by atoms with Gasteiger partial charge in [-0.15, -0.1) is 0 Å². The predicted molar refractivity (Wildman–Crippen MR) is 122 cm³/mol. The van der Waals surface area contributed by atoms with E-state index < -0.39 is 55.5 Å². The molecule has 4 amide bonds. The van der Waals surface area contributed by atoms with Crippen molar-refractivity contribution < 1.29 is 27.7 Å². The van der Waals surface area contributed by atoms with Crippen LogP contribution in [0.5, 0.6) is 0 Å². The molecule has 2 aliphatic rings. The molecule has 0 unspecified atom stereocenters. The number of hydrogen-bond donors (Lipinski definition) is 1. The number of hydrogen-bond acceptors (Lipinski definition) is 7. The number of urea groups is 1. The van der Waals surface area contributed by atoms with E-state index in [0.29, 0.717) is 5.56 Å². The Balaban J connectivity index is 1.42. The molecule has 2 aromatic carbocycles. The molecule has 0 spiro atoms. The molecule has 0 bridgehead atoms. The summed E-state index contributed by atoms with van der Waals surface area (Å²) in [5, 5.41) is 13.9. The highest BCUT2D eigenvalue weighted by atomic mass is 32.2. The summed E-state index contributed by atoms with van der Waals surface area (Å²) in [5.74, 6) is -1.06. The third-order valence-corrected chi connectivity index (χ3v) is 8.14. The van der Waals surface area contributed by atoms with Gasteiger partial charge >= 0.3 is 6.03 Å². The fraction of sp³-hybridized carbons (Fsp3) is 0.318. The van der Waals surface area contributed by atoms with Crippen LogP contribution in [0.4, 0.5) is 10.5 Å². The number of benzene rings is 2. The molecule has 1 N–H and O–H groups in total. The lowest BCUT2D eigenvalue weighted by atomic mass is 9.92. The predicted octanol–water partition coefficient (Wildman–Crippen LogP) is 0.895. The summed E-state index contributed by atoms with van der Waals surface area (Å²) in [6, 6.07) is 13.1. The average Bonchev–Trinajstić information content (AvgIpc) is 3.08. The van der Waals surface area contributed by atoms with Crippen LogP contribution in [0.2, 0.25) is 0 Å². The molecule has 0 aromatic heterocycles. The van der Waals surface area contributed by atoms with Crippen molar-refractivity contribution in [2.75, 3.05) is 32.7 Å². The van der Waals surface area contributed by atoms with E-state index in [4.69, 9.17) is 0 Å². The van der Waals surface area contributed by atoms with Crippen LogP contribution in [0, 0.1) is 10.1 Å². The Labute approximate surface area is 201 Å². The summed E-state index contributed by atoms with van der Waals surface area (Å²) in [4.78, 5) is 50.7. The minimum Gasteiger partial charge on any atom is -0.338 e. The molecule has 2 heterocycles. The highest BCUT2D eigenvalue weighted by Crippen LogP contribution is 2.29. The van der Waals surface area contributed by atoms with Crippen molar-refractivity contribution in [1.29, 1.82) is 0 Å². The molecule has 2 aliphatic heterocycles. The topological polar surface area (TPSA) is 150 Å². The summed E-state index contributed by atoms with van der Waals surface area (Å²) >= 11 is 0. The number of sulfonamides is 1. The number of carbonyl (C=O) groups excluding carboxylic acids is 3. The number of rotatable bonds is 6. The number of piperazine rings is 1. The Morgan fingerprint density at radius 2 is 1.63 bits per heavy atom. The molecule has 13 heteroatoms. The lowest BCUT2D eigenvalue weighted by Crippen LogP contribution is -2.53. The average molecular weight is 502 g/mol. The fourth-order valence-corrected chi connectivity index (χ4v) is 5.77. The zero-order chi connectivity index (χ0) is 25.4. The molecule has 184 valence electrons. The molecule has 2 aromatic rings. The lowest BCUT2D eigenvalue weighted by molar-refractivity contribution is -0.387. The maximum atomic E-state index is 13.0. The van der Waals surface area contributed by atoms with E-state index in [2.05, 4.69) is 5.32 Å². The summed E-state index contributed by atoms with van der Waals surface area (Å²) in [6.07, 6.45) is 0. The van der Waals surface area contributed by atoms with E-state index in [1.54, 1.807) is 37.3 Å². The molecule has 0 saturated carbocycles. The van der Waals surface area contributed by atoms with Crippen molar-refractivity contribution in [2.24, 2.45) is 0 Å². The smallest absolute Gasteiger partial charge is 0.325 e. The minimum absolute atomic E-state index is 0.0122. The molecule has 35 heavy (non-hydrogen) atoms. The van der Waals surface area contributed by atoms with Gasteiger partial charge in [-0.25, -0.2) is 13.2 Å². The maximum absolute atomic E-state index is 13.0. The molecule has 0 aliphatic carbocycles. The number of nitrogens with one attached hydrogen (secondary N) is 1. The van der Waals surface area contributed by atoms with Crippen molar-refractivity contribution in [3.8, 4) is 0 Å². The molecule has 0 radical (unpaired) electrons. The third kappa shape index (κ3) is 4.35. The second-order valence-electron chi connectivity index (χ2n) is 8.32. The van der Waals surface area contributed by atoms with Crippen LogP contribution in [0.3, 0.4) is 0 Å². The Bertz CT molecular complexity index is 1290. The molecule has 2 fully saturated rings. The molecule has 1 atom stereocenters. The van der Waals surface area contributed by atoms with Gasteiger partial charge in [-0.1, -0.05) is 42.5 Å². The Morgan fingerprint density at radius 1 is 1.03 bits per heavy atom. The van der Waals surface area contributed by atoms with Gasteiger partial charge in [-0.3, -0.25) is 24.6 Å². The van der Waals surface area contributed by atoms with Crippen molar-refractivity contribution >= 4 is 33.6 Å². The molecular formula is C22H23N5O7S. The summed E-state index contributed by atoms with van der Waals surface area (Å²) in [7, 11) is -4.15. The van der Waals surface area contributed by atoms with E-state index in [1.165, 1.54) is 23.1 Å². The van der Waals surface area contributed by atoms with Crippen molar-refractivity contribution in [2.45, 2.75) is 17.4 Å². The van der Waals surface area contributed by atoms with Crippen molar-refractivity contribution in [3.63, 3.8) is 0 Å². The van der Waals surface area contributed by atoms with Crippen LogP contribution < -0.4 is 5.32 Å². The third-order valence-electron chi connectivity index (χ3n) is 6.19. The van der Waals surface area contributed by atoms with Gasteiger partial charge in [-0.05, 0) is 18.6 Å². The number of nitro benzene ring substituents is 1. The number of amides is 4. The normalized spacial score (nSPS) is 21.2. The second kappa shape index (κ2) is 9.07. The number of nitrogens with zero attached hydrogens (tertiary/aromatic N) is 4. The lowest BCUT2D eigenvalue weighted by Gasteiger charge is -2.34. The monoisotopic (exact) mass is 501 g/mol. The minimum atomic E-state index is -4.15. The van der Waals surface area contributed by atoms with Gasteiger partial charge in [0.15, 0.2) is 4.90 Å². The van der Waals surface area contributed by atoms with Gasteiger partial charge in [-0.2, -0.15) is 4.31 Å². The van der Waals surface area contributed by atoms with Crippen LogP contribution in [-0.4, -0.2) is 78.0 Å². The molecular weight excluding hydrogens is 478 g/mol. The van der Waals surface area contributed by atoms with Gasteiger partial charge in [0.2, 0.25) is 15.9 Å². The molecule has 4 rings (SSSR count). The van der Waals surface area contributed by atoms with Crippen LogP contribution in [0.25, 0.3) is 0 Å². The Kier molecular flexibility index (Phi) is 6.30. The first-order valence-corrected chi connectivity index (χ1v) is 12.2. The second-order valence-corrected chi connectivity index (χ2v) is 10.2. The van der Waals surface area contributed by atoms with E-state index >= 15 is 0 Å². The SMILES string of the molecule is C[C@@]1(c2ccccc2)NC(=O)N(CC(=O)N2CCN(S(=O)(=O)c3ccccc3[N+](=O)[O-])CC2)C1=O. The van der Waals surface area contributed by atoms with Crippen LogP contribution in [0.1, 0.15) is 12.5 Å². The van der Waals surface area contributed by atoms with Crippen LogP contribution >= 0.6 is 0 Å². The maximum Gasteiger partial charge on any atom is 0.325 e. The first-order chi connectivity index (χ1) is 16.6. The standard InChI is InChI=1S/C22H23N5O7S/c1-22(16-7-3-2-4-8-16)20(29)26(21(30)23-22)15-19(28)24-11-13-25(14-12-24)35(33,34)18-10-6-5-9-17(18)27(31)32/h2-10H,11-15H2,1H3,(H,23,30)/t22-/m0/s1. The number of carbonyl (C=O) groups is 3. The highest BCUT2D eigenvalue weighted by Gasteiger charge is 2.49. The van der Waals surface area contributed by atoms with Gasteiger partial charge in [0.1, 0.15) is 12.1 Å². The summed E-state index contributed by atoms with van der Waals surface area (Å²) in [5.41, 5.74) is -1.23. The molecule has 12 nitrogen and oxygen atoms in total. The largest absolute Gasteiger partial charge is 0.338 e. The number of para-hydroxylation sites is 1. The van der Waals surface area contributed by atoms with Gasteiger partial charge in [0, 0.05) is 32.2 Å². The highest BCUT2D eigenvalue weighted by molar-refractivity contribution is 7.89. The van der Waals surface area contributed by atoms with E-state index in [9.17, 15) is 32.9 Å². The number of imide groups is 1. The Hall–Kier alpha value is -3.84. The zero-order valence-corrected chi connectivity index (χ0v) is 19.6. The zero-order valence-electron chi connectivity index (χ0n) is 18.8. The first kappa shape index (κ1) is 24.3. The van der Waals surface area contributed by atoms with E-state index in [1.807, 2.05) is 0 Å². The van der Waals surface area contributed by atoms with E-state index in [-0.39, 0.29) is 26.2 Å².